The Morgan fingerprint density at radius 3 is 2.95 bits per heavy atom. The normalized spacial score (nSPS) is 20.5. The third-order valence-corrected chi connectivity index (χ3v) is 4.26. The first kappa shape index (κ1) is 15.8. The summed E-state index contributed by atoms with van der Waals surface area (Å²) < 4.78 is 7.36. The molecule has 1 aromatic rings. The highest BCUT2D eigenvalue weighted by Gasteiger charge is 2.25. The minimum atomic E-state index is 0.408. The molecule has 0 radical (unpaired) electrons. The molecule has 1 saturated heterocycles. The van der Waals surface area contributed by atoms with Gasteiger partial charge in [-0.25, -0.2) is 0 Å². The predicted molar refractivity (Wildman–Crippen MR) is 81.1 cm³/mol. The van der Waals surface area contributed by atoms with Crippen molar-refractivity contribution in [2.75, 3.05) is 32.8 Å². The number of nitrogens with one attached hydrogen (secondary N) is 1. The number of ether oxygens (including phenoxy) is 1. The van der Waals surface area contributed by atoms with Crippen LogP contribution >= 0.6 is 11.6 Å². The van der Waals surface area contributed by atoms with Gasteiger partial charge in [0.05, 0.1) is 18.9 Å². The molecule has 0 amide bonds. The summed E-state index contributed by atoms with van der Waals surface area (Å²) in [6, 6.07) is 0.408. The van der Waals surface area contributed by atoms with E-state index in [4.69, 9.17) is 16.3 Å². The monoisotopic (exact) mass is 300 g/mol. The van der Waals surface area contributed by atoms with E-state index < -0.39 is 0 Å². The number of rotatable bonds is 6. The summed E-state index contributed by atoms with van der Waals surface area (Å²) in [7, 11) is 1.89. The average molecular weight is 301 g/mol. The maximum Gasteiger partial charge on any atom is 0.131 e. The summed E-state index contributed by atoms with van der Waals surface area (Å²) in [5, 5.41) is 8.61. The van der Waals surface area contributed by atoms with Crippen LogP contribution in [0.2, 0.25) is 5.15 Å². The van der Waals surface area contributed by atoms with Gasteiger partial charge in [0.15, 0.2) is 0 Å². The van der Waals surface area contributed by atoms with Crippen LogP contribution in [0.25, 0.3) is 0 Å². The van der Waals surface area contributed by atoms with E-state index in [9.17, 15) is 0 Å². The van der Waals surface area contributed by atoms with Gasteiger partial charge >= 0.3 is 0 Å². The fourth-order valence-corrected chi connectivity index (χ4v) is 2.82. The van der Waals surface area contributed by atoms with Crippen molar-refractivity contribution in [2.45, 2.75) is 32.9 Å². The van der Waals surface area contributed by atoms with Crippen molar-refractivity contribution >= 4 is 11.6 Å². The van der Waals surface area contributed by atoms with E-state index in [1.165, 1.54) is 0 Å². The van der Waals surface area contributed by atoms with Crippen molar-refractivity contribution in [3.05, 3.63) is 16.4 Å². The summed E-state index contributed by atoms with van der Waals surface area (Å²) in [6.07, 6.45) is 1.15. The van der Waals surface area contributed by atoms with Gasteiger partial charge in [-0.2, -0.15) is 5.10 Å². The third-order valence-electron chi connectivity index (χ3n) is 3.79. The zero-order valence-electron chi connectivity index (χ0n) is 12.7. The smallest absolute Gasteiger partial charge is 0.131 e. The van der Waals surface area contributed by atoms with E-state index in [0.717, 1.165) is 62.2 Å². The molecule has 1 aliphatic heterocycles. The van der Waals surface area contributed by atoms with Crippen molar-refractivity contribution in [1.82, 2.24) is 20.0 Å². The van der Waals surface area contributed by atoms with Crippen LogP contribution < -0.4 is 5.32 Å². The topological polar surface area (TPSA) is 42.3 Å². The van der Waals surface area contributed by atoms with Gasteiger partial charge in [-0.3, -0.25) is 9.58 Å². The molecule has 1 unspecified atom stereocenters. The van der Waals surface area contributed by atoms with E-state index in [1.54, 1.807) is 4.68 Å². The number of aromatic nitrogens is 2. The Morgan fingerprint density at radius 1 is 1.50 bits per heavy atom. The Labute approximate surface area is 126 Å². The van der Waals surface area contributed by atoms with Crippen LogP contribution in [0, 0.1) is 6.92 Å². The van der Waals surface area contributed by atoms with E-state index in [-0.39, 0.29) is 0 Å². The number of halogens is 1. The van der Waals surface area contributed by atoms with Crippen LogP contribution in [0.3, 0.4) is 0 Å². The first-order valence-corrected chi connectivity index (χ1v) is 7.71. The number of hydrogen-bond donors (Lipinski definition) is 1. The molecule has 0 aliphatic carbocycles. The fraction of sp³-hybridized carbons (Fsp3) is 0.786. The number of morpholine rings is 1. The van der Waals surface area contributed by atoms with Crippen LogP contribution in [0.4, 0.5) is 0 Å². The second kappa shape index (κ2) is 7.41. The summed E-state index contributed by atoms with van der Waals surface area (Å²) in [5.74, 6) is 0. The second-order valence-electron chi connectivity index (χ2n) is 5.38. The standard InChI is InChI=1S/C14H25ClN4O/c1-4-5-16-8-12-10-20-7-6-19(12)9-13-11(2)17-18(3)14(13)15/h12,16H,4-10H2,1-3H3. The lowest BCUT2D eigenvalue weighted by atomic mass is 10.1. The summed E-state index contributed by atoms with van der Waals surface area (Å²) >= 11 is 6.33. The lowest BCUT2D eigenvalue weighted by Crippen LogP contribution is -2.50. The lowest BCUT2D eigenvalue weighted by molar-refractivity contribution is -0.0109. The molecule has 1 aromatic heterocycles. The Bertz CT molecular complexity index is 435. The van der Waals surface area contributed by atoms with Crippen LogP contribution in [-0.4, -0.2) is 53.6 Å². The van der Waals surface area contributed by atoms with Crippen molar-refractivity contribution in [3.63, 3.8) is 0 Å². The molecule has 2 rings (SSSR count). The maximum absolute atomic E-state index is 6.33. The van der Waals surface area contributed by atoms with Gasteiger partial charge in [0.1, 0.15) is 5.15 Å². The number of aryl methyl sites for hydroxylation is 2. The van der Waals surface area contributed by atoms with Gasteiger partial charge < -0.3 is 10.1 Å². The molecule has 1 aliphatic rings. The minimum absolute atomic E-state index is 0.408. The zero-order chi connectivity index (χ0) is 14.5. The molecule has 0 saturated carbocycles. The second-order valence-corrected chi connectivity index (χ2v) is 5.74. The molecular formula is C14H25ClN4O. The van der Waals surface area contributed by atoms with Crippen LogP contribution in [0.15, 0.2) is 0 Å². The predicted octanol–water partition coefficient (Wildman–Crippen LogP) is 1.58. The molecule has 1 atom stereocenters. The molecule has 114 valence electrons. The molecule has 0 bridgehead atoms. The van der Waals surface area contributed by atoms with Gasteiger partial charge in [-0.1, -0.05) is 18.5 Å². The summed E-state index contributed by atoms with van der Waals surface area (Å²) in [4.78, 5) is 2.45. The van der Waals surface area contributed by atoms with Gasteiger partial charge in [0.25, 0.3) is 0 Å². The lowest BCUT2D eigenvalue weighted by Gasteiger charge is -2.35. The molecule has 1 fully saturated rings. The van der Waals surface area contributed by atoms with E-state index in [0.29, 0.717) is 6.04 Å². The Hall–Kier alpha value is -0.620. The highest BCUT2D eigenvalue weighted by Crippen LogP contribution is 2.22. The van der Waals surface area contributed by atoms with Gasteiger partial charge in [-0.05, 0) is 19.9 Å². The highest BCUT2D eigenvalue weighted by molar-refractivity contribution is 6.30. The third kappa shape index (κ3) is 3.73. The summed E-state index contributed by atoms with van der Waals surface area (Å²) in [5.41, 5.74) is 2.15. The van der Waals surface area contributed by atoms with Gasteiger partial charge in [0.2, 0.25) is 0 Å². The molecule has 2 heterocycles. The molecule has 6 heteroatoms. The number of nitrogens with zero attached hydrogens (tertiary/aromatic N) is 3. The minimum Gasteiger partial charge on any atom is -0.378 e. The molecule has 0 aromatic carbocycles. The van der Waals surface area contributed by atoms with Crippen LogP contribution in [0.5, 0.6) is 0 Å². The zero-order valence-corrected chi connectivity index (χ0v) is 13.4. The van der Waals surface area contributed by atoms with Crippen molar-refractivity contribution < 1.29 is 4.74 Å². The molecule has 5 nitrogen and oxygen atoms in total. The quantitative estimate of drug-likeness (QED) is 0.810. The first-order chi connectivity index (χ1) is 9.63. The Morgan fingerprint density at radius 2 is 2.30 bits per heavy atom. The highest BCUT2D eigenvalue weighted by atomic mass is 35.5. The van der Waals surface area contributed by atoms with E-state index >= 15 is 0 Å². The average Bonchev–Trinajstić information content (AvgIpc) is 2.67. The van der Waals surface area contributed by atoms with Gasteiger partial charge in [-0.15, -0.1) is 0 Å². The summed E-state index contributed by atoms with van der Waals surface area (Å²) in [6.45, 7) is 9.59. The van der Waals surface area contributed by atoms with Gasteiger partial charge in [0, 0.05) is 38.3 Å². The van der Waals surface area contributed by atoms with Crippen molar-refractivity contribution in [3.8, 4) is 0 Å². The molecule has 1 N–H and O–H groups in total. The Kier molecular flexibility index (Phi) is 5.84. The van der Waals surface area contributed by atoms with Crippen molar-refractivity contribution in [1.29, 1.82) is 0 Å². The first-order valence-electron chi connectivity index (χ1n) is 7.34. The largest absolute Gasteiger partial charge is 0.378 e. The van der Waals surface area contributed by atoms with E-state index in [2.05, 4.69) is 22.2 Å². The van der Waals surface area contributed by atoms with E-state index in [1.807, 2.05) is 14.0 Å². The number of hydrogen-bond acceptors (Lipinski definition) is 4. The molecule has 20 heavy (non-hydrogen) atoms. The molecule has 0 spiro atoms. The fourth-order valence-electron chi connectivity index (χ4n) is 2.59. The molecular weight excluding hydrogens is 276 g/mol. The van der Waals surface area contributed by atoms with Crippen LogP contribution in [0.1, 0.15) is 24.6 Å². The SMILES string of the molecule is CCCNCC1COCCN1Cc1c(C)nn(C)c1Cl. The van der Waals surface area contributed by atoms with Crippen LogP contribution in [-0.2, 0) is 18.3 Å². The Balaban J connectivity index is 2.00. The van der Waals surface area contributed by atoms with Crippen molar-refractivity contribution in [2.24, 2.45) is 7.05 Å². The maximum atomic E-state index is 6.33.